The van der Waals surface area contributed by atoms with Gasteiger partial charge in [-0.3, -0.25) is 9.59 Å². The maximum atomic E-state index is 12.6. The minimum Gasteiger partial charge on any atom is -0.364 e. The summed E-state index contributed by atoms with van der Waals surface area (Å²) in [5, 5.41) is -0.634. The molecule has 2 rings (SSSR count). The average molecular weight is 363 g/mol. The number of sulfonamides is 1. The van der Waals surface area contributed by atoms with Crippen molar-refractivity contribution in [2.45, 2.75) is 17.2 Å². The van der Waals surface area contributed by atoms with Gasteiger partial charge in [-0.2, -0.15) is 4.31 Å². The summed E-state index contributed by atoms with van der Waals surface area (Å²) >= 11 is 5.76. The summed E-state index contributed by atoms with van der Waals surface area (Å²) in [7, 11) is -2.18. The Morgan fingerprint density at radius 1 is 1.26 bits per heavy atom. The molecule has 23 heavy (non-hydrogen) atoms. The average Bonchev–Trinajstić information content (AvgIpc) is 2.89. The van der Waals surface area contributed by atoms with Gasteiger partial charge in [0.2, 0.25) is 15.9 Å². The summed E-state index contributed by atoms with van der Waals surface area (Å²) in [6, 6.07) is 1.26. The van der Waals surface area contributed by atoms with E-state index in [1.807, 2.05) is 0 Å². The van der Waals surface area contributed by atoms with Crippen LogP contribution in [-0.2, 0) is 21.9 Å². The molecule has 0 aliphatic carbocycles. The number of hydrogen-bond donors (Lipinski definition) is 1. The van der Waals surface area contributed by atoms with Crippen LogP contribution in [0.2, 0.25) is 0 Å². The Bertz CT molecular complexity index is 720. The quantitative estimate of drug-likeness (QED) is 0.734. The van der Waals surface area contributed by atoms with E-state index in [-0.39, 0.29) is 42.7 Å². The molecule has 1 aromatic heterocycles. The van der Waals surface area contributed by atoms with Crippen LogP contribution in [0.1, 0.15) is 17.4 Å². The normalized spacial score (nSPS) is 18.0. The second kappa shape index (κ2) is 6.50. The second-order valence-corrected chi connectivity index (χ2v) is 7.97. The van der Waals surface area contributed by atoms with Gasteiger partial charge in [0.25, 0.3) is 5.91 Å². The predicted octanol–water partition coefficient (Wildman–Crippen LogP) is -0.416. The summed E-state index contributed by atoms with van der Waals surface area (Å²) in [5.74, 6) is -0.903. The molecule has 1 aliphatic rings. The van der Waals surface area contributed by atoms with Gasteiger partial charge in [0.05, 0.1) is 0 Å². The zero-order valence-corrected chi connectivity index (χ0v) is 14.5. The van der Waals surface area contributed by atoms with Crippen molar-refractivity contribution in [2.24, 2.45) is 12.8 Å². The molecule has 1 atom stereocenters. The Hall–Kier alpha value is -1.58. The largest absolute Gasteiger partial charge is 0.364 e. The molecular formula is C13H19ClN4O4S. The Labute approximate surface area is 139 Å². The van der Waals surface area contributed by atoms with Crippen LogP contribution in [0.5, 0.6) is 0 Å². The number of primary amides is 1. The number of amides is 2. The highest BCUT2D eigenvalue weighted by atomic mass is 35.5. The number of piperazine rings is 1. The van der Waals surface area contributed by atoms with E-state index in [0.29, 0.717) is 0 Å². The van der Waals surface area contributed by atoms with Gasteiger partial charge < -0.3 is 15.2 Å². The fourth-order valence-corrected chi connectivity index (χ4v) is 4.10. The van der Waals surface area contributed by atoms with Gasteiger partial charge in [-0.25, -0.2) is 8.42 Å². The summed E-state index contributed by atoms with van der Waals surface area (Å²) in [6.45, 7) is 2.51. The fourth-order valence-electron chi connectivity index (χ4n) is 2.47. The molecule has 2 N–H and O–H groups in total. The summed E-state index contributed by atoms with van der Waals surface area (Å²) in [4.78, 5) is 24.6. The van der Waals surface area contributed by atoms with Crippen molar-refractivity contribution in [3.63, 3.8) is 0 Å². The molecule has 1 saturated heterocycles. The van der Waals surface area contributed by atoms with E-state index >= 15 is 0 Å². The minimum atomic E-state index is -3.73. The van der Waals surface area contributed by atoms with Crippen molar-refractivity contribution in [1.29, 1.82) is 0 Å². The van der Waals surface area contributed by atoms with Crippen molar-refractivity contribution < 1.29 is 18.0 Å². The van der Waals surface area contributed by atoms with Crippen LogP contribution in [-0.4, -0.2) is 65.6 Å². The maximum Gasteiger partial charge on any atom is 0.265 e. The zero-order valence-electron chi connectivity index (χ0n) is 12.9. The summed E-state index contributed by atoms with van der Waals surface area (Å²) in [5.41, 5.74) is 5.32. The Morgan fingerprint density at radius 2 is 1.83 bits per heavy atom. The number of nitrogens with zero attached hydrogens (tertiary/aromatic N) is 3. The molecule has 1 aliphatic heterocycles. The number of nitrogens with two attached hydrogens (primary N) is 1. The molecule has 0 radical (unpaired) electrons. The van der Waals surface area contributed by atoms with Crippen LogP contribution in [0.4, 0.5) is 0 Å². The maximum absolute atomic E-state index is 12.6. The molecule has 1 unspecified atom stereocenters. The highest BCUT2D eigenvalue weighted by Gasteiger charge is 2.32. The third-order valence-electron chi connectivity index (χ3n) is 3.76. The molecule has 10 heteroatoms. The van der Waals surface area contributed by atoms with E-state index in [9.17, 15) is 18.0 Å². The number of carbonyl (C=O) groups is 2. The van der Waals surface area contributed by atoms with Gasteiger partial charge >= 0.3 is 0 Å². The van der Waals surface area contributed by atoms with Crippen molar-refractivity contribution in [3.05, 3.63) is 18.0 Å². The number of halogens is 1. The van der Waals surface area contributed by atoms with Crippen molar-refractivity contribution in [2.75, 3.05) is 26.2 Å². The van der Waals surface area contributed by atoms with Crippen molar-refractivity contribution >= 4 is 33.4 Å². The van der Waals surface area contributed by atoms with Crippen LogP contribution < -0.4 is 5.73 Å². The van der Waals surface area contributed by atoms with E-state index in [4.69, 9.17) is 17.3 Å². The molecule has 1 fully saturated rings. The van der Waals surface area contributed by atoms with Gasteiger partial charge in [-0.1, -0.05) is 0 Å². The lowest BCUT2D eigenvalue weighted by atomic mass is 10.3. The number of carbonyl (C=O) groups excluding carboxylic acids is 2. The highest BCUT2D eigenvalue weighted by Crippen LogP contribution is 2.20. The van der Waals surface area contributed by atoms with Crippen LogP contribution in [0.25, 0.3) is 0 Å². The summed E-state index contributed by atoms with van der Waals surface area (Å²) in [6.07, 6.45) is 1.35. The lowest BCUT2D eigenvalue weighted by Gasteiger charge is -2.34. The van der Waals surface area contributed by atoms with E-state index in [1.54, 1.807) is 18.9 Å². The third kappa shape index (κ3) is 3.51. The van der Waals surface area contributed by atoms with Crippen LogP contribution in [0.15, 0.2) is 17.2 Å². The van der Waals surface area contributed by atoms with Crippen LogP contribution in [0, 0.1) is 0 Å². The first kappa shape index (κ1) is 17.8. The Balaban J connectivity index is 2.15. The molecule has 128 valence electrons. The number of alkyl halides is 1. The SMILES string of the molecule is CC(Cl)C(=O)N1CCN(S(=O)(=O)c2cc(C(N)=O)n(C)c2)CC1. The molecule has 1 aromatic rings. The molecule has 2 heterocycles. The van der Waals surface area contributed by atoms with Gasteiger partial charge in [-0.15, -0.1) is 11.6 Å². The molecule has 8 nitrogen and oxygen atoms in total. The minimum absolute atomic E-state index is 0.0132. The van der Waals surface area contributed by atoms with Gasteiger partial charge in [0, 0.05) is 39.4 Å². The summed E-state index contributed by atoms with van der Waals surface area (Å²) < 4.78 is 27.9. The fraction of sp³-hybridized carbons (Fsp3) is 0.538. The molecule has 0 saturated carbocycles. The van der Waals surface area contributed by atoms with E-state index in [2.05, 4.69) is 0 Å². The third-order valence-corrected chi connectivity index (χ3v) is 5.81. The topological polar surface area (TPSA) is 106 Å². The number of rotatable bonds is 4. The van der Waals surface area contributed by atoms with E-state index in [0.717, 1.165) is 0 Å². The number of hydrogen-bond acceptors (Lipinski definition) is 4. The first-order valence-corrected chi connectivity index (χ1v) is 8.91. The predicted molar refractivity (Wildman–Crippen MR) is 84.6 cm³/mol. The van der Waals surface area contributed by atoms with Gasteiger partial charge in [0.1, 0.15) is 16.0 Å². The molecule has 0 spiro atoms. The van der Waals surface area contributed by atoms with Gasteiger partial charge in [0.15, 0.2) is 0 Å². The first-order chi connectivity index (χ1) is 10.6. The molecule has 0 aromatic carbocycles. The second-order valence-electron chi connectivity index (χ2n) is 5.38. The van der Waals surface area contributed by atoms with Crippen LogP contribution in [0.3, 0.4) is 0 Å². The lowest BCUT2D eigenvalue weighted by Crippen LogP contribution is -2.51. The Kier molecular flexibility index (Phi) is 5.02. The first-order valence-electron chi connectivity index (χ1n) is 7.03. The lowest BCUT2D eigenvalue weighted by molar-refractivity contribution is -0.131. The number of aryl methyl sites for hydroxylation is 1. The van der Waals surface area contributed by atoms with Crippen molar-refractivity contribution in [3.8, 4) is 0 Å². The van der Waals surface area contributed by atoms with Crippen LogP contribution >= 0.6 is 11.6 Å². The smallest absolute Gasteiger partial charge is 0.265 e. The standard InChI is InChI=1S/C13H19ClN4O4S/c1-9(14)13(20)17-3-5-18(6-4-17)23(21,22)10-7-11(12(15)19)16(2)8-10/h7-9H,3-6H2,1-2H3,(H2,15,19). The number of aromatic nitrogens is 1. The molecule has 2 amide bonds. The highest BCUT2D eigenvalue weighted by molar-refractivity contribution is 7.89. The Morgan fingerprint density at radius 3 is 2.26 bits per heavy atom. The molecular weight excluding hydrogens is 344 g/mol. The van der Waals surface area contributed by atoms with E-state index in [1.165, 1.54) is 21.1 Å². The van der Waals surface area contributed by atoms with E-state index < -0.39 is 21.3 Å². The van der Waals surface area contributed by atoms with Gasteiger partial charge in [-0.05, 0) is 13.0 Å². The molecule has 0 bridgehead atoms. The zero-order chi connectivity index (χ0) is 17.4. The monoisotopic (exact) mass is 362 g/mol. The van der Waals surface area contributed by atoms with Crippen molar-refractivity contribution in [1.82, 2.24) is 13.8 Å².